The van der Waals surface area contributed by atoms with Crippen molar-refractivity contribution in [1.82, 2.24) is 20.0 Å². The van der Waals surface area contributed by atoms with Gasteiger partial charge in [-0.2, -0.15) is 5.10 Å². The van der Waals surface area contributed by atoms with Crippen molar-refractivity contribution in [2.45, 2.75) is 26.4 Å². The summed E-state index contributed by atoms with van der Waals surface area (Å²) in [6.07, 6.45) is 0.638. The second-order valence-corrected chi connectivity index (χ2v) is 7.57. The van der Waals surface area contributed by atoms with E-state index in [9.17, 15) is 9.59 Å². The highest BCUT2D eigenvalue weighted by Crippen LogP contribution is 2.22. The molecule has 1 atom stereocenters. The Morgan fingerprint density at radius 2 is 1.86 bits per heavy atom. The number of hydrogen-bond donors (Lipinski definition) is 0. The van der Waals surface area contributed by atoms with Crippen LogP contribution in [-0.4, -0.2) is 70.8 Å². The third kappa shape index (κ3) is 4.31. The monoisotopic (exact) mass is 395 g/mol. The van der Waals surface area contributed by atoms with Gasteiger partial charge in [-0.05, 0) is 32.0 Å². The molecule has 0 N–H and O–H groups in total. The maximum atomic E-state index is 12.7. The zero-order chi connectivity index (χ0) is 20.4. The first-order valence-corrected chi connectivity index (χ1v) is 9.87. The highest BCUT2D eigenvalue weighted by Gasteiger charge is 2.34. The van der Waals surface area contributed by atoms with E-state index in [1.54, 1.807) is 20.8 Å². The van der Waals surface area contributed by atoms with Crippen LogP contribution in [0.2, 0.25) is 0 Å². The van der Waals surface area contributed by atoms with Crippen molar-refractivity contribution in [3.05, 3.63) is 47.7 Å². The Bertz CT molecular complexity index is 884. The molecule has 8 nitrogen and oxygen atoms in total. The Hall–Kier alpha value is -3.16. The highest BCUT2D eigenvalue weighted by molar-refractivity contribution is 5.96. The number of anilines is 1. The Balaban J connectivity index is 1.30. The van der Waals surface area contributed by atoms with Gasteiger partial charge in [-0.25, -0.2) is 4.79 Å². The molecule has 4 rings (SSSR count). The van der Waals surface area contributed by atoms with E-state index in [0.717, 1.165) is 23.4 Å². The molecule has 3 heterocycles. The number of likely N-dealkylation sites (tertiary alicyclic amines) is 1. The molecule has 0 bridgehead atoms. The van der Waals surface area contributed by atoms with Crippen LogP contribution in [0.4, 0.5) is 10.5 Å². The van der Waals surface area contributed by atoms with Crippen LogP contribution in [0.3, 0.4) is 0 Å². The molecule has 0 aliphatic carbocycles. The molecule has 2 saturated heterocycles. The topological polar surface area (TPSA) is 78.9 Å². The van der Waals surface area contributed by atoms with Gasteiger partial charge in [0.1, 0.15) is 12.6 Å². The van der Waals surface area contributed by atoms with Crippen molar-refractivity contribution >= 4 is 17.6 Å². The fourth-order valence-electron chi connectivity index (χ4n) is 3.63. The molecule has 152 valence electrons. The second-order valence-electron chi connectivity index (χ2n) is 7.57. The lowest BCUT2D eigenvalue weighted by molar-refractivity contribution is -0.130. The van der Waals surface area contributed by atoms with Crippen molar-refractivity contribution in [2.75, 3.05) is 37.6 Å². The van der Waals surface area contributed by atoms with E-state index < -0.39 is 0 Å². The van der Waals surface area contributed by atoms with Crippen LogP contribution in [0, 0.1) is 13.8 Å². The number of nitrogens with zero attached hydrogens (tertiary/aromatic N) is 5. The lowest BCUT2D eigenvalue weighted by atomic mass is 10.2. The van der Waals surface area contributed by atoms with E-state index in [0.29, 0.717) is 32.1 Å². The molecule has 0 radical (unpaired) electrons. The predicted molar refractivity (Wildman–Crippen MR) is 108 cm³/mol. The molecule has 2 fully saturated rings. The van der Waals surface area contributed by atoms with Gasteiger partial charge in [-0.3, -0.25) is 9.69 Å². The first kappa shape index (κ1) is 19.2. The molecule has 3 amide bonds. The predicted octanol–water partition coefficient (Wildman–Crippen LogP) is 2.02. The summed E-state index contributed by atoms with van der Waals surface area (Å²) in [6, 6.07) is 11.4. The van der Waals surface area contributed by atoms with Gasteiger partial charge in [-0.15, -0.1) is 5.10 Å². The van der Waals surface area contributed by atoms with E-state index in [1.807, 2.05) is 44.2 Å². The minimum absolute atomic E-state index is 0.0507. The van der Waals surface area contributed by atoms with E-state index in [2.05, 4.69) is 10.2 Å². The Morgan fingerprint density at radius 3 is 2.59 bits per heavy atom. The van der Waals surface area contributed by atoms with Gasteiger partial charge < -0.3 is 14.5 Å². The standard InChI is InChI=1S/C21H25N5O3/c1-15-3-6-17(7-4-15)26-12-11-25(21(26)28)14-20(27)24-10-9-18(13-24)29-19-8-5-16(2)22-23-19/h3-8,18H,9-14H2,1-2H3. The van der Waals surface area contributed by atoms with Crippen LogP contribution in [0.25, 0.3) is 0 Å². The lowest BCUT2D eigenvalue weighted by Crippen LogP contribution is -2.42. The highest BCUT2D eigenvalue weighted by atomic mass is 16.5. The summed E-state index contributed by atoms with van der Waals surface area (Å²) >= 11 is 0. The van der Waals surface area contributed by atoms with Crippen LogP contribution in [0.5, 0.6) is 5.88 Å². The molecule has 2 aliphatic rings. The average Bonchev–Trinajstić information content (AvgIpc) is 3.32. The van der Waals surface area contributed by atoms with E-state index in [4.69, 9.17) is 4.74 Å². The van der Waals surface area contributed by atoms with Gasteiger partial charge in [0.15, 0.2) is 0 Å². The van der Waals surface area contributed by atoms with Crippen molar-refractivity contribution < 1.29 is 14.3 Å². The Morgan fingerprint density at radius 1 is 1.07 bits per heavy atom. The zero-order valence-corrected chi connectivity index (χ0v) is 16.7. The van der Waals surface area contributed by atoms with Gasteiger partial charge >= 0.3 is 6.03 Å². The van der Waals surface area contributed by atoms with Crippen molar-refractivity contribution in [3.63, 3.8) is 0 Å². The number of ether oxygens (including phenoxy) is 1. The third-order valence-corrected chi connectivity index (χ3v) is 5.33. The van der Waals surface area contributed by atoms with E-state index >= 15 is 0 Å². The van der Waals surface area contributed by atoms with E-state index in [1.165, 1.54) is 0 Å². The molecule has 2 aliphatic heterocycles. The minimum atomic E-state index is -0.121. The van der Waals surface area contributed by atoms with Gasteiger partial charge in [0.05, 0.1) is 12.2 Å². The van der Waals surface area contributed by atoms with Gasteiger partial charge in [-0.1, -0.05) is 17.7 Å². The Kier molecular flexibility index (Phi) is 5.33. The van der Waals surface area contributed by atoms with Crippen LogP contribution in [0.1, 0.15) is 17.7 Å². The van der Waals surface area contributed by atoms with Crippen LogP contribution < -0.4 is 9.64 Å². The average molecular weight is 395 g/mol. The van der Waals surface area contributed by atoms with Crippen LogP contribution in [0.15, 0.2) is 36.4 Å². The number of aromatic nitrogens is 2. The zero-order valence-electron chi connectivity index (χ0n) is 16.7. The number of urea groups is 1. The number of rotatable bonds is 5. The summed E-state index contributed by atoms with van der Waals surface area (Å²) in [5.74, 6) is 0.420. The first-order valence-electron chi connectivity index (χ1n) is 9.87. The largest absolute Gasteiger partial charge is 0.471 e. The Labute approximate surface area is 170 Å². The third-order valence-electron chi connectivity index (χ3n) is 5.33. The number of carbonyl (C=O) groups excluding carboxylic acids is 2. The molecular formula is C21H25N5O3. The summed E-state index contributed by atoms with van der Waals surface area (Å²) in [6.45, 7) is 6.23. The summed E-state index contributed by atoms with van der Waals surface area (Å²) < 4.78 is 5.83. The number of amides is 3. The van der Waals surface area contributed by atoms with Gasteiger partial charge in [0, 0.05) is 37.8 Å². The summed E-state index contributed by atoms with van der Waals surface area (Å²) in [5, 5.41) is 8.00. The molecule has 0 spiro atoms. The van der Waals surface area contributed by atoms with Crippen molar-refractivity contribution in [3.8, 4) is 5.88 Å². The quantitative estimate of drug-likeness (QED) is 0.774. The van der Waals surface area contributed by atoms with Crippen LogP contribution in [-0.2, 0) is 4.79 Å². The minimum Gasteiger partial charge on any atom is -0.471 e. The number of carbonyl (C=O) groups is 2. The van der Waals surface area contributed by atoms with Gasteiger partial charge in [0.25, 0.3) is 0 Å². The summed E-state index contributed by atoms with van der Waals surface area (Å²) in [4.78, 5) is 30.5. The molecule has 1 aromatic carbocycles. The number of aryl methyl sites for hydroxylation is 2. The molecule has 8 heteroatoms. The summed E-state index contributed by atoms with van der Waals surface area (Å²) in [5.41, 5.74) is 2.84. The molecule has 29 heavy (non-hydrogen) atoms. The number of hydrogen-bond acceptors (Lipinski definition) is 5. The smallest absolute Gasteiger partial charge is 0.325 e. The lowest BCUT2D eigenvalue weighted by Gasteiger charge is -2.22. The van der Waals surface area contributed by atoms with Gasteiger partial charge in [0.2, 0.25) is 11.8 Å². The molecule has 1 aromatic heterocycles. The van der Waals surface area contributed by atoms with Crippen LogP contribution >= 0.6 is 0 Å². The maximum absolute atomic E-state index is 12.7. The molecule has 2 aromatic rings. The van der Waals surface area contributed by atoms with E-state index in [-0.39, 0.29) is 24.6 Å². The number of benzene rings is 1. The van der Waals surface area contributed by atoms with Crippen molar-refractivity contribution in [2.24, 2.45) is 0 Å². The SMILES string of the molecule is Cc1ccc(N2CCN(CC(=O)N3CCC(Oc4ccc(C)nn4)C3)C2=O)cc1. The molecule has 1 unspecified atom stereocenters. The first-order chi connectivity index (χ1) is 14.0. The fraction of sp³-hybridized carbons (Fsp3) is 0.429. The fourth-order valence-corrected chi connectivity index (χ4v) is 3.63. The second kappa shape index (κ2) is 8.06. The maximum Gasteiger partial charge on any atom is 0.325 e. The normalized spacial score (nSPS) is 19.2. The summed E-state index contributed by atoms with van der Waals surface area (Å²) in [7, 11) is 0. The van der Waals surface area contributed by atoms with Crippen molar-refractivity contribution in [1.29, 1.82) is 0 Å². The molecule has 0 saturated carbocycles. The molecular weight excluding hydrogens is 370 g/mol.